The predicted molar refractivity (Wildman–Crippen MR) is 204 cm³/mol. The number of likely N-dealkylation sites (N-methyl/N-ethyl adjacent to an activating group) is 1. The number of para-hydroxylation sites is 2. The van der Waals surface area contributed by atoms with Gasteiger partial charge in [0.1, 0.15) is 6.54 Å². The minimum absolute atomic E-state index is 0.0591. The predicted octanol–water partition coefficient (Wildman–Crippen LogP) is 11.2. The molecular formula is C46H49N2+. The van der Waals surface area contributed by atoms with Crippen LogP contribution in [0.2, 0.25) is 0 Å². The number of fused-ring (bicyclic) bond motifs is 2. The fraction of sp³-hybridized carbons (Fsp3) is 0.283. The Morgan fingerprint density at radius 1 is 0.667 bits per heavy atom. The number of hydrogen-bond acceptors (Lipinski definition) is 1. The first kappa shape index (κ1) is 31.9. The summed E-state index contributed by atoms with van der Waals surface area (Å²) in [5.74, 6) is 0.149. The van der Waals surface area contributed by atoms with Gasteiger partial charge in [-0.15, -0.1) is 0 Å². The summed E-state index contributed by atoms with van der Waals surface area (Å²) in [4.78, 5) is 2.51. The molecule has 0 atom stereocenters. The Bertz CT molecular complexity index is 1940. The molecule has 2 heterocycles. The Hall–Kier alpha value is -4.69. The lowest BCUT2D eigenvalue weighted by Gasteiger charge is -2.26. The highest BCUT2D eigenvalue weighted by molar-refractivity contribution is 6.03. The molecule has 2 nitrogen and oxygen atoms in total. The highest BCUT2D eigenvalue weighted by Crippen LogP contribution is 2.49. The van der Waals surface area contributed by atoms with Crippen LogP contribution in [-0.4, -0.2) is 23.4 Å². The van der Waals surface area contributed by atoms with Crippen molar-refractivity contribution in [2.24, 2.45) is 0 Å². The van der Waals surface area contributed by atoms with Gasteiger partial charge >= 0.3 is 0 Å². The molecule has 0 unspecified atom stereocenters. The number of hydrogen-bond donors (Lipinski definition) is 0. The first-order valence-corrected chi connectivity index (χ1v) is 17.8. The van der Waals surface area contributed by atoms with Crippen LogP contribution in [0.4, 0.5) is 11.4 Å². The normalized spacial score (nSPS) is 19.8. The Kier molecular flexibility index (Phi) is 8.46. The smallest absolute Gasteiger partial charge is 0.209 e. The van der Waals surface area contributed by atoms with E-state index in [1.807, 2.05) is 0 Å². The molecule has 2 heteroatoms. The molecule has 0 amide bonds. The molecule has 4 aromatic carbocycles. The lowest BCUT2D eigenvalue weighted by Crippen LogP contribution is -2.27. The molecule has 7 rings (SSSR count). The maximum absolute atomic E-state index is 2.51. The third-order valence-corrected chi connectivity index (χ3v) is 11.0. The van der Waals surface area contributed by atoms with Gasteiger partial charge in [-0.2, -0.15) is 4.58 Å². The van der Waals surface area contributed by atoms with Crippen LogP contribution < -0.4 is 4.90 Å². The zero-order valence-electron chi connectivity index (χ0n) is 29.5. The minimum Gasteiger partial charge on any atom is -0.344 e. The van der Waals surface area contributed by atoms with Crippen LogP contribution >= 0.6 is 0 Å². The SMILES string of the molecule is CCN1C(=CC=C2CCC(C=CC3=[N+](CC)c4ccccc4C3(C)C)=C2C(c2ccccc2)c2ccccc2)C(C)(C)c2ccccc21. The lowest BCUT2D eigenvalue weighted by molar-refractivity contribution is -0.433. The first-order valence-electron chi connectivity index (χ1n) is 17.8. The second kappa shape index (κ2) is 12.7. The van der Waals surface area contributed by atoms with Crippen LogP contribution in [0.5, 0.6) is 0 Å². The molecule has 3 aliphatic rings. The second-order valence-corrected chi connectivity index (χ2v) is 14.4. The molecule has 0 N–H and O–H groups in total. The molecule has 242 valence electrons. The van der Waals surface area contributed by atoms with Gasteiger partial charge in [-0.05, 0) is 86.1 Å². The number of rotatable bonds is 8. The van der Waals surface area contributed by atoms with Crippen LogP contribution in [0.1, 0.15) is 82.6 Å². The van der Waals surface area contributed by atoms with Gasteiger partial charge in [0.25, 0.3) is 0 Å². The van der Waals surface area contributed by atoms with Crippen molar-refractivity contribution in [2.45, 2.75) is 71.1 Å². The van der Waals surface area contributed by atoms with Gasteiger partial charge in [-0.1, -0.05) is 123 Å². The van der Waals surface area contributed by atoms with Gasteiger partial charge in [0, 0.05) is 47.0 Å². The molecule has 0 bridgehead atoms. The van der Waals surface area contributed by atoms with Crippen molar-refractivity contribution in [1.29, 1.82) is 0 Å². The highest BCUT2D eigenvalue weighted by Gasteiger charge is 2.44. The average Bonchev–Trinajstić information content (AvgIpc) is 3.68. The van der Waals surface area contributed by atoms with Gasteiger partial charge < -0.3 is 4.90 Å². The van der Waals surface area contributed by atoms with Crippen molar-refractivity contribution in [2.75, 3.05) is 18.0 Å². The first-order chi connectivity index (χ1) is 23.3. The summed E-state index contributed by atoms with van der Waals surface area (Å²) >= 11 is 0. The topological polar surface area (TPSA) is 6.25 Å². The summed E-state index contributed by atoms with van der Waals surface area (Å²) in [7, 11) is 0. The second-order valence-electron chi connectivity index (χ2n) is 14.4. The Morgan fingerprint density at radius 2 is 1.27 bits per heavy atom. The monoisotopic (exact) mass is 629 g/mol. The molecule has 0 aromatic heterocycles. The van der Waals surface area contributed by atoms with Gasteiger partial charge in [0.05, 0.1) is 5.41 Å². The number of anilines is 1. The molecule has 0 saturated carbocycles. The Balaban J connectivity index is 1.40. The number of allylic oxidation sites excluding steroid dienone is 8. The maximum Gasteiger partial charge on any atom is 0.209 e. The van der Waals surface area contributed by atoms with E-state index in [9.17, 15) is 0 Å². The summed E-state index contributed by atoms with van der Waals surface area (Å²) in [6.07, 6.45) is 11.9. The van der Waals surface area contributed by atoms with E-state index in [-0.39, 0.29) is 16.7 Å². The lowest BCUT2D eigenvalue weighted by atomic mass is 9.80. The third kappa shape index (κ3) is 5.32. The molecular weight excluding hydrogens is 581 g/mol. The zero-order valence-corrected chi connectivity index (χ0v) is 29.5. The minimum atomic E-state index is -0.0591. The Morgan fingerprint density at radius 3 is 1.92 bits per heavy atom. The van der Waals surface area contributed by atoms with Crippen LogP contribution in [-0.2, 0) is 10.8 Å². The van der Waals surface area contributed by atoms with Crippen molar-refractivity contribution in [3.8, 4) is 0 Å². The standard InChI is InChI=1S/C46H49N2/c1-7-47-39-25-17-15-23-37(39)45(3,4)41(47)31-29-35-27-28-36(30-32-42-46(5,6)38-24-16-18-26-40(38)48(42)8-2)44(35)43(33-19-11-9-12-20-33)34-21-13-10-14-22-34/h9-26,29-32,43H,7-8,27-28H2,1-6H3/q+1. The van der Waals surface area contributed by atoms with Crippen molar-refractivity contribution in [1.82, 2.24) is 0 Å². The molecule has 1 aliphatic carbocycles. The van der Waals surface area contributed by atoms with Crippen LogP contribution in [0, 0.1) is 0 Å². The molecule has 4 aromatic rings. The van der Waals surface area contributed by atoms with E-state index in [4.69, 9.17) is 0 Å². The van der Waals surface area contributed by atoms with E-state index in [0.29, 0.717) is 0 Å². The van der Waals surface area contributed by atoms with E-state index in [2.05, 4.69) is 185 Å². The van der Waals surface area contributed by atoms with Crippen LogP contribution in [0.15, 0.2) is 156 Å². The van der Waals surface area contributed by atoms with Gasteiger partial charge in [0.15, 0.2) is 5.71 Å². The van der Waals surface area contributed by atoms with Crippen LogP contribution in [0.25, 0.3) is 0 Å². The van der Waals surface area contributed by atoms with Crippen molar-refractivity contribution >= 4 is 17.1 Å². The quantitative estimate of drug-likeness (QED) is 0.176. The van der Waals surface area contributed by atoms with Crippen molar-refractivity contribution in [3.05, 3.63) is 178 Å². The molecule has 0 radical (unpaired) electrons. The van der Waals surface area contributed by atoms with E-state index in [0.717, 1.165) is 25.9 Å². The van der Waals surface area contributed by atoms with E-state index >= 15 is 0 Å². The third-order valence-electron chi connectivity index (χ3n) is 11.0. The molecule has 0 spiro atoms. The summed E-state index contributed by atoms with van der Waals surface area (Å²) in [5, 5.41) is 0. The van der Waals surface area contributed by atoms with E-state index in [1.165, 1.54) is 61.8 Å². The van der Waals surface area contributed by atoms with Crippen molar-refractivity contribution in [3.63, 3.8) is 0 Å². The number of nitrogens with zero attached hydrogens (tertiary/aromatic N) is 2. The van der Waals surface area contributed by atoms with Gasteiger partial charge in [0.2, 0.25) is 5.69 Å². The van der Waals surface area contributed by atoms with Gasteiger partial charge in [-0.3, -0.25) is 0 Å². The summed E-state index contributed by atoms with van der Waals surface area (Å²) in [5.41, 5.74) is 15.1. The molecule has 0 saturated heterocycles. The summed E-state index contributed by atoms with van der Waals surface area (Å²) in [6.45, 7) is 15.9. The molecule has 0 fully saturated rings. The number of benzene rings is 4. The molecule has 2 aliphatic heterocycles. The van der Waals surface area contributed by atoms with E-state index < -0.39 is 0 Å². The average molecular weight is 630 g/mol. The van der Waals surface area contributed by atoms with Crippen molar-refractivity contribution < 1.29 is 4.58 Å². The molecule has 48 heavy (non-hydrogen) atoms. The maximum atomic E-state index is 2.51. The fourth-order valence-electron chi connectivity index (χ4n) is 8.60. The largest absolute Gasteiger partial charge is 0.344 e. The zero-order chi connectivity index (χ0) is 33.5. The summed E-state index contributed by atoms with van der Waals surface area (Å²) in [6, 6.07) is 40.1. The van der Waals surface area contributed by atoms with E-state index in [1.54, 1.807) is 0 Å². The highest BCUT2D eigenvalue weighted by atomic mass is 15.2. The van der Waals surface area contributed by atoms with Gasteiger partial charge in [-0.25, -0.2) is 0 Å². The van der Waals surface area contributed by atoms with Crippen LogP contribution in [0.3, 0.4) is 0 Å². The Labute approximate surface area is 288 Å². The fourth-order valence-corrected chi connectivity index (χ4v) is 8.60. The summed E-state index contributed by atoms with van der Waals surface area (Å²) < 4.78 is 2.51.